The maximum Gasteiger partial charge on any atom is 0.159 e. The zero-order chi connectivity index (χ0) is 17.0. The average molecular weight is 312 g/mol. The SMILES string of the molecule is Cc1nc(-c2ccc(OCCC(C)(C)C)cc2)ncc1C(C)C. The lowest BCUT2D eigenvalue weighted by Crippen LogP contribution is -2.11. The summed E-state index contributed by atoms with van der Waals surface area (Å²) < 4.78 is 5.81. The lowest BCUT2D eigenvalue weighted by Gasteiger charge is -2.18. The fourth-order valence-corrected chi connectivity index (χ4v) is 2.36. The fourth-order valence-electron chi connectivity index (χ4n) is 2.36. The van der Waals surface area contributed by atoms with Crippen LogP contribution in [0.1, 0.15) is 58.2 Å². The monoisotopic (exact) mass is 312 g/mol. The molecule has 0 N–H and O–H groups in total. The predicted octanol–water partition coefficient (Wildman–Crippen LogP) is 5.39. The van der Waals surface area contributed by atoms with Gasteiger partial charge in [-0.25, -0.2) is 9.97 Å². The summed E-state index contributed by atoms with van der Waals surface area (Å²) >= 11 is 0. The second-order valence-electron chi connectivity index (χ2n) is 7.57. The van der Waals surface area contributed by atoms with Crippen LogP contribution in [0.25, 0.3) is 11.4 Å². The molecule has 1 heterocycles. The Morgan fingerprint density at radius 3 is 2.26 bits per heavy atom. The Bertz CT molecular complexity index is 640. The van der Waals surface area contributed by atoms with E-state index in [-0.39, 0.29) is 0 Å². The molecule has 0 radical (unpaired) electrons. The predicted molar refractivity (Wildman–Crippen MR) is 95.9 cm³/mol. The van der Waals surface area contributed by atoms with Crippen LogP contribution in [0.5, 0.6) is 5.75 Å². The smallest absolute Gasteiger partial charge is 0.159 e. The third kappa shape index (κ3) is 5.05. The first-order valence-electron chi connectivity index (χ1n) is 8.33. The number of benzene rings is 1. The number of ether oxygens (including phenoxy) is 1. The van der Waals surface area contributed by atoms with Crippen molar-refractivity contribution in [2.75, 3.05) is 6.61 Å². The molecule has 1 aromatic heterocycles. The quantitative estimate of drug-likeness (QED) is 0.742. The highest BCUT2D eigenvalue weighted by molar-refractivity contribution is 5.56. The second kappa shape index (κ2) is 7.12. The van der Waals surface area contributed by atoms with E-state index in [1.54, 1.807) is 0 Å². The van der Waals surface area contributed by atoms with Crippen LogP contribution in [0, 0.1) is 12.3 Å². The summed E-state index contributed by atoms with van der Waals surface area (Å²) in [4.78, 5) is 9.14. The maximum atomic E-state index is 5.81. The van der Waals surface area contributed by atoms with Gasteiger partial charge in [0.1, 0.15) is 5.75 Å². The van der Waals surface area contributed by atoms with Gasteiger partial charge in [-0.3, -0.25) is 0 Å². The van der Waals surface area contributed by atoms with E-state index in [2.05, 4.69) is 44.6 Å². The summed E-state index contributed by atoms with van der Waals surface area (Å²) in [6, 6.07) is 8.03. The van der Waals surface area contributed by atoms with Gasteiger partial charge in [-0.1, -0.05) is 34.6 Å². The first kappa shape index (κ1) is 17.5. The molecule has 0 saturated heterocycles. The van der Waals surface area contributed by atoms with Crippen LogP contribution in [0.2, 0.25) is 0 Å². The molecule has 1 aromatic carbocycles. The third-order valence-corrected chi connectivity index (χ3v) is 3.87. The van der Waals surface area contributed by atoms with Crippen molar-refractivity contribution in [3.05, 3.63) is 41.7 Å². The summed E-state index contributed by atoms with van der Waals surface area (Å²) in [6.45, 7) is 13.8. The van der Waals surface area contributed by atoms with Crippen molar-refractivity contribution >= 4 is 0 Å². The zero-order valence-corrected chi connectivity index (χ0v) is 15.2. The van der Waals surface area contributed by atoms with Gasteiger partial charge < -0.3 is 4.74 Å². The minimum absolute atomic E-state index is 0.295. The van der Waals surface area contributed by atoms with Crippen LogP contribution in [0.15, 0.2) is 30.5 Å². The first-order chi connectivity index (χ1) is 10.8. The normalized spacial score (nSPS) is 11.8. The topological polar surface area (TPSA) is 35.0 Å². The van der Waals surface area contributed by atoms with Crippen LogP contribution in [0.3, 0.4) is 0 Å². The number of aromatic nitrogens is 2. The van der Waals surface area contributed by atoms with E-state index in [0.717, 1.165) is 35.9 Å². The molecule has 2 rings (SSSR count). The molecule has 0 aliphatic heterocycles. The van der Waals surface area contributed by atoms with E-state index in [4.69, 9.17) is 4.74 Å². The van der Waals surface area contributed by atoms with Gasteiger partial charge in [-0.05, 0) is 54.5 Å². The standard InChI is InChI=1S/C20H28N2O/c1-14(2)18-13-21-19(22-15(18)3)16-7-9-17(10-8-16)23-12-11-20(4,5)6/h7-10,13-14H,11-12H2,1-6H3. The Morgan fingerprint density at radius 2 is 1.74 bits per heavy atom. The van der Waals surface area contributed by atoms with Gasteiger partial charge in [0.05, 0.1) is 6.61 Å². The van der Waals surface area contributed by atoms with E-state index in [1.165, 1.54) is 5.56 Å². The van der Waals surface area contributed by atoms with E-state index in [9.17, 15) is 0 Å². The minimum atomic E-state index is 0.295. The maximum absolute atomic E-state index is 5.81. The van der Waals surface area contributed by atoms with E-state index < -0.39 is 0 Å². The van der Waals surface area contributed by atoms with Gasteiger partial charge in [0.2, 0.25) is 0 Å². The average Bonchev–Trinajstić information content (AvgIpc) is 2.46. The van der Waals surface area contributed by atoms with Crippen molar-refractivity contribution < 1.29 is 4.74 Å². The Morgan fingerprint density at radius 1 is 1.09 bits per heavy atom. The van der Waals surface area contributed by atoms with Crippen LogP contribution in [-0.4, -0.2) is 16.6 Å². The van der Waals surface area contributed by atoms with Crippen molar-refractivity contribution in [2.45, 2.75) is 53.9 Å². The van der Waals surface area contributed by atoms with Crippen LogP contribution < -0.4 is 4.74 Å². The highest BCUT2D eigenvalue weighted by atomic mass is 16.5. The lowest BCUT2D eigenvalue weighted by molar-refractivity contribution is 0.243. The Labute approximate surface area is 140 Å². The molecule has 3 nitrogen and oxygen atoms in total. The number of nitrogens with zero attached hydrogens (tertiary/aromatic N) is 2. The van der Waals surface area contributed by atoms with Crippen molar-refractivity contribution in [1.82, 2.24) is 9.97 Å². The molecule has 124 valence electrons. The van der Waals surface area contributed by atoms with E-state index >= 15 is 0 Å². The van der Waals surface area contributed by atoms with Crippen molar-refractivity contribution in [3.8, 4) is 17.1 Å². The molecular formula is C20H28N2O. The highest BCUT2D eigenvalue weighted by Gasteiger charge is 2.11. The van der Waals surface area contributed by atoms with Crippen molar-refractivity contribution in [1.29, 1.82) is 0 Å². The summed E-state index contributed by atoms with van der Waals surface area (Å²) in [6.07, 6.45) is 2.98. The van der Waals surface area contributed by atoms with Crippen molar-refractivity contribution in [3.63, 3.8) is 0 Å². The minimum Gasteiger partial charge on any atom is -0.494 e. The van der Waals surface area contributed by atoms with Gasteiger partial charge in [0.15, 0.2) is 5.82 Å². The van der Waals surface area contributed by atoms with Gasteiger partial charge in [0.25, 0.3) is 0 Å². The van der Waals surface area contributed by atoms with Gasteiger partial charge in [-0.2, -0.15) is 0 Å². The molecule has 0 aliphatic carbocycles. The Balaban J connectivity index is 2.06. The third-order valence-electron chi connectivity index (χ3n) is 3.87. The molecule has 0 saturated carbocycles. The molecule has 0 spiro atoms. The summed E-state index contributed by atoms with van der Waals surface area (Å²) in [7, 11) is 0. The molecule has 2 aromatic rings. The second-order valence-corrected chi connectivity index (χ2v) is 7.57. The fraction of sp³-hybridized carbons (Fsp3) is 0.500. The summed E-state index contributed by atoms with van der Waals surface area (Å²) in [5, 5.41) is 0. The van der Waals surface area contributed by atoms with Crippen LogP contribution in [0.4, 0.5) is 0 Å². The van der Waals surface area contributed by atoms with Gasteiger partial charge >= 0.3 is 0 Å². The molecule has 0 unspecified atom stereocenters. The summed E-state index contributed by atoms with van der Waals surface area (Å²) in [5.41, 5.74) is 3.57. The molecule has 0 amide bonds. The van der Waals surface area contributed by atoms with Gasteiger partial charge in [0, 0.05) is 17.5 Å². The van der Waals surface area contributed by atoms with E-state index in [0.29, 0.717) is 11.3 Å². The molecule has 23 heavy (non-hydrogen) atoms. The molecular weight excluding hydrogens is 284 g/mol. The molecule has 0 bridgehead atoms. The molecule has 3 heteroatoms. The zero-order valence-electron chi connectivity index (χ0n) is 15.2. The number of aryl methyl sites for hydroxylation is 1. The molecule has 0 aliphatic rings. The van der Waals surface area contributed by atoms with E-state index in [1.807, 2.05) is 37.4 Å². The molecule has 0 atom stereocenters. The first-order valence-corrected chi connectivity index (χ1v) is 8.33. The number of hydrogen-bond donors (Lipinski definition) is 0. The summed E-state index contributed by atoms with van der Waals surface area (Å²) in [5.74, 6) is 2.12. The van der Waals surface area contributed by atoms with Crippen LogP contribution in [-0.2, 0) is 0 Å². The Hall–Kier alpha value is -1.90. The Kier molecular flexibility index (Phi) is 5.40. The highest BCUT2D eigenvalue weighted by Crippen LogP contribution is 2.24. The van der Waals surface area contributed by atoms with Crippen molar-refractivity contribution in [2.24, 2.45) is 5.41 Å². The molecule has 0 fully saturated rings. The number of rotatable bonds is 5. The van der Waals surface area contributed by atoms with Crippen LogP contribution >= 0.6 is 0 Å². The van der Waals surface area contributed by atoms with Gasteiger partial charge in [-0.15, -0.1) is 0 Å². The largest absolute Gasteiger partial charge is 0.494 e. The lowest BCUT2D eigenvalue weighted by atomic mass is 9.93. The number of hydrogen-bond acceptors (Lipinski definition) is 3.